The lowest BCUT2D eigenvalue weighted by Crippen LogP contribution is -2.34. The Morgan fingerprint density at radius 2 is 2.14 bits per heavy atom. The highest BCUT2D eigenvalue weighted by Gasteiger charge is 2.23. The number of hydrogen-bond acceptors (Lipinski definition) is 5. The minimum Gasteiger partial charge on any atom is -0.389 e. The van der Waals surface area contributed by atoms with Crippen molar-refractivity contribution in [1.82, 2.24) is 10.2 Å². The molecule has 1 aliphatic heterocycles. The molecule has 1 aliphatic rings. The number of hydrogen-bond donors (Lipinski definition) is 1. The third kappa shape index (κ3) is 3.49. The normalized spacial score (nSPS) is 19.4. The first-order valence-electron chi connectivity index (χ1n) is 7.63. The van der Waals surface area contributed by atoms with Crippen LogP contribution in [0, 0.1) is 0 Å². The highest BCUT2D eigenvalue weighted by Crippen LogP contribution is 2.25. The quantitative estimate of drug-likeness (QED) is 0.857. The van der Waals surface area contributed by atoms with Gasteiger partial charge in [0.2, 0.25) is 0 Å². The van der Waals surface area contributed by atoms with Crippen LogP contribution in [-0.2, 0) is 17.6 Å². The van der Waals surface area contributed by atoms with Crippen molar-refractivity contribution in [3.05, 3.63) is 16.8 Å². The Kier molecular flexibility index (Phi) is 5.47. The van der Waals surface area contributed by atoms with Crippen molar-refractivity contribution in [3.8, 4) is 0 Å². The smallest absolute Gasteiger partial charge is 0.161 e. The summed E-state index contributed by atoms with van der Waals surface area (Å²) in [6.45, 7) is 8.72. The zero-order valence-corrected chi connectivity index (χ0v) is 13.9. The Bertz CT molecular complexity index is 521. The number of anilines is 1. The van der Waals surface area contributed by atoms with Crippen molar-refractivity contribution in [3.63, 3.8) is 0 Å². The van der Waals surface area contributed by atoms with Gasteiger partial charge in [0, 0.05) is 19.7 Å². The molecular formula is C15H24N4OS. The summed E-state index contributed by atoms with van der Waals surface area (Å²) >= 11 is 5.30. The average Bonchev–Trinajstić information content (AvgIpc) is 2.69. The van der Waals surface area contributed by atoms with Gasteiger partial charge in [0.05, 0.1) is 17.4 Å². The molecular weight excluding hydrogens is 284 g/mol. The molecule has 1 atom stereocenters. The largest absolute Gasteiger partial charge is 0.389 e. The van der Waals surface area contributed by atoms with E-state index in [2.05, 4.69) is 35.9 Å². The lowest BCUT2D eigenvalue weighted by Gasteiger charge is -2.26. The maximum absolute atomic E-state index is 6.00. The number of rotatable bonds is 4. The Morgan fingerprint density at radius 3 is 2.76 bits per heavy atom. The molecule has 0 amide bonds. The molecule has 0 saturated carbocycles. The molecule has 21 heavy (non-hydrogen) atoms. The molecule has 5 nitrogen and oxygen atoms in total. The van der Waals surface area contributed by atoms with E-state index in [1.807, 2.05) is 0 Å². The summed E-state index contributed by atoms with van der Waals surface area (Å²) in [5.74, 6) is 0.814. The highest BCUT2D eigenvalue weighted by molar-refractivity contribution is 7.80. The van der Waals surface area contributed by atoms with Gasteiger partial charge in [-0.05, 0) is 31.7 Å². The molecule has 1 fully saturated rings. The van der Waals surface area contributed by atoms with Crippen LogP contribution in [0.3, 0.4) is 0 Å². The van der Waals surface area contributed by atoms with Gasteiger partial charge in [-0.2, -0.15) is 5.10 Å². The van der Waals surface area contributed by atoms with E-state index in [4.69, 9.17) is 22.7 Å². The molecule has 1 saturated heterocycles. The maximum atomic E-state index is 6.00. The van der Waals surface area contributed by atoms with E-state index < -0.39 is 0 Å². The van der Waals surface area contributed by atoms with E-state index >= 15 is 0 Å². The van der Waals surface area contributed by atoms with E-state index in [0.717, 1.165) is 61.6 Å². The summed E-state index contributed by atoms with van der Waals surface area (Å²) in [5.41, 5.74) is 9.02. The second-order valence-corrected chi connectivity index (χ2v) is 5.82. The van der Waals surface area contributed by atoms with Gasteiger partial charge < -0.3 is 15.4 Å². The van der Waals surface area contributed by atoms with Gasteiger partial charge in [-0.15, -0.1) is 5.10 Å². The number of aryl methyl sites for hydroxylation is 1. The van der Waals surface area contributed by atoms with Gasteiger partial charge in [0.15, 0.2) is 5.82 Å². The van der Waals surface area contributed by atoms with Gasteiger partial charge in [0.25, 0.3) is 0 Å². The van der Waals surface area contributed by atoms with E-state index in [1.165, 1.54) is 0 Å². The summed E-state index contributed by atoms with van der Waals surface area (Å²) in [5, 5.41) is 8.83. The van der Waals surface area contributed by atoms with Crippen LogP contribution in [0.5, 0.6) is 0 Å². The molecule has 0 aliphatic carbocycles. The first kappa shape index (κ1) is 16.1. The monoisotopic (exact) mass is 308 g/mol. The number of thiocarbonyl (C=S) groups is 1. The van der Waals surface area contributed by atoms with Crippen LogP contribution in [0.15, 0.2) is 0 Å². The molecule has 0 aromatic carbocycles. The van der Waals surface area contributed by atoms with Gasteiger partial charge in [0.1, 0.15) is 4.99 Å². The SMILES string of the molecule is CCc1nnc(N2CCCOC(C)C2)c(C(N)=S)c1CC. The van der Waals surface area contributed by atoms with Crippen LogP contribution in [-0.4, -0.2) is 41.0 Å². The molecule has 0 bridgehead atoms. The first-order chi connectivity index (χ1) is 10.1. The van der Waals surface area contributed by atoms with Crippen molar-refractivity contribution in [2.75, 3.05) is 24.6 Å². The average molecular weight is 308 g/mol. The van der Waals surface area contributed by atoms with Gasteiger partial charge >= 0.3 is 0 Å². The summed E-state index contributed by atoms with van der Waals surface area (Å²) in [6.07, 6.45) is 2.84. The molecule has 1 unspecified atom stereocenters. The van der Waals surface area contributed by atoms with Gasteiger partial charge in [-0.1, -0.05) is 26.1 Å². The van der Waals surface area contributed by atoms with Crippen molar-refractivity contribution in [2.45, 2.75) is 46.1 Å². The second kappa shape index (κ2) is 7.13. The van der Waals surface area contributed by atoms with Crippen molar-refractivity contribution in [1.29, 1.82) is 0 Å². The minimum absolute atomic E-state index is 0.171. The second-order valence-electron chi connectivity index (χ2n) is 5.38. The lowest BCUT2D eigenvalue weighted by molar-refractivity contribution is 0.0820. The van der Waals surface area contributed by atoms with E-state index in [1.54, 1.807) is 0 Å². The molecule has 116 valence electrons. The maximum Gasteiger partial charge on any atom is 0.161 e. The molecule has 6 heteroatoms. The van der Waals surface area contributed by atoms with E-state index in [-0.39, 0.29) is 6.10 Å². The highest BCUT2D eigenvalue weighted by atomic mass is 32.1. The minimum atomic E-state index is 0.171. The number of ether oxygens (including phenoxy) is 1. The standard InChI is InChI=1S/C15H24N4OS/c1-4-11-12(5-2)17-18-15(13(11)14(16)21)19-7-6-8-20-10(3)9-19/h10H,4-9H2,1-3H3,(H2,16,21). The van der Waals surface area contributed by atoms with E-state index in [9.17, 15) is 0 Å². The molecule has 2 N–H and O–H groups in total. The van der Waals surface area contributed by atoms with E-state index in [0.29, 0.717) is 4.99 Å². The molecule has 2 heterocycles. The predicted molar refractivity (Wildman–Crippen MR) is 88.9 cm³/mol. The molecule has 0 spiro atoms. The Morgan fingerprint density at radius 1 is 1.38 bits per heavy atom. The van der Waals surface area contributed by atoms with Crippen LogP contribution in [0.4, 0.5) is 5.82 Å². The summed E-state index contributed by atoms with van der Waals surface area (Å²) in [6, 6.07) is 0. The van der Waals surface area contributed by atoms with Crippen LogP contribution in [0.1, 0.15) is 44.0 Å². The Labute approximate surface area is 131 Å². The fourth-order valence-corrected chi connectivity index (χ4v) is 3.04. The first-order valence-corrected chi connectivity index (χ1v) is 8.04. The molecule has 2 rings (SSSR count). The van der Waals surface area contributed by atoms with Crippen molar-refractivity contribution in [2.24, 2.45) is 5.73 Å². The fourth-order valence-electron chi connectivity index (χ4n) is 2.83. The summed E-state index contributed by atoms with van der Waals surface area (Å²) < 4.78 is 5.70. The molecule has 0 radical (unpaired) electrons. The van der Waals surface area contributed by atoms with Gasteiger partial charge in [-0.3, -0.25) is 0 Å². The Hall–Kier alpha value is -1.27. The third-order valence-corrected chi connectivity index (χ3v) is 4.03. The van der Waals surface area contributed by atoms with Crippen LogP contribution >= 0.6 is 12.2 Å². The third-order valence-electron chi connectivity index (χ3n) is 3.83. The number of aromatic nitrogens is 2. The predicted octanol–water partition coefficient (Wildman–Crippen LogP) is 1.85. The lowest BCUT2D eigenvalue weighted by atomic mass is 10.0. The zero-order chi connectivity index (χ0) is 15.4. The van der Waals surface area contributed by atoms with Crippen LogP contribution < -0.4 is 10.6 Å². The topological polar surface area (TPSA) is 64.3 Å². The van der Waals surface area contributed by atoms with Crippen LogP contribution in [0.2, 0.25) is 0 Å². The van der Waals surface area contributed by atoms with Crippen LogP contribution in [0.25, 0.3) is 0 Å². The Balaban J connectivity index is 2.49. The molecule has 1 aromatic heterocycles. The number of nitrogens with zero attached hydrogens (tertiary/aromatic N) is 3. The number of nitrogens with two attached hydrogens (primary N) is 1. The van der Waals surface area contributed by atoms with Gasteiger partial charge in [-0.25, -0.2) is 0 Å². The summed E-state index contributed by atoms with van der Waals surface area (Å²) in [4.78, 5) is 2.61. The molecule has 1 aromatic rings. The zero-order valence-electron chi connectivity index (χ0n) is 13.1. The van der Waals surface area contributed by atoms with Crippen molar-refractivity contribution >= 4 is 23.0 Å². The summed E-state index contributed by atoms with van der Waals surface area (Å²) in [7, 11) is 0. The fraction of sp³-hybridized carbons (Fsp3) is 0.667. The van der Waals surface area contributed by atoms with Crippen molar-refractivity contribution < 1.29 is 4.74 Å².